The molecule has 0 bridgehead atoms. The van der Waals surface area contributed by atoms with E-state index < -0.39 is 0 Å². The molecule has 0 aromatic rings. The molecule has 0 aliphatic rings. The van der Waals surface area contributed by atoms with Gasteiger partial charge in [-0.25, -0.2) is 0 Å². The molecule has 0 aromatic carbocycles. The van der Waals surface area contributed by atoms with Crippen molar-refractivity contribution in [3.8, 4) is 0 Å². The van der Waals surface area contributed by atoms with Crippen LogP contribution in [0.3, 0.4) is 0 Å². The molecule has 0 fully saturated rings. The number of rotatable bonds is 4. The van der Waals surface area contributed by atoms with Crippen LogP contribution in [0.1, 0.15) is 12.8 Å². The summed E-state index contributed by atoms with van der Waals surface area (Å²) < 4.78 is 0.410. The second kappa shape index (κ2) is 10.1. The third-order valence-electron chi connectivity index (χ3n) is 0.854. The zero-order valence-corrected chi connectivity index (χ0v) is 9.73. The van der Waals surface area contributed by atoms with Crippen LogP contribution < -0.4 is 34.9 Å². The van der Waals surface area contributed by atoms with Crippen LogP contribution in [0.15, 0.2) is 0 Å². The molecule has 0 aliphatic heterocycles. The number of thiocarbonyl (C=S) groups is 1. The van der Waals surface area contributed by atoms with Crippen LogP contribution in [0.5, 0.6) is 0 Å². The van der Waals surface area contributed by atoms with E-state index in [-0.39, 0.29) is 36.2 Å². The van der Waals surface area contributed by atoms with Gasteiger partial charge in [-0.1, -0.05) is 4.32 Å². The number of nitrogens with one attached hydrogen (secondary N) is 1. The van der Waals surface area contributed by atoms with Gasteiger partial charge in [0.2, 0.25) is 0 Å². The summed E-state index contributed by atoms with van der Waals surface area (Å²) in [4.78, 5) is 0. The molecule has 0 unspecified atom stereocenters. The summed E-state index contributed by atoms with van der Waals surface area (Å²) in [5, 5.41) is 11.2. The van der Waals surface area contributed by atoms with Crippen LogP contribution in [0.4, 0.5) is 0 Å². The Morgan fingerprint density at radius 3 is 2.50 bits per heavy atom. The first-order valence-electron chi connectivity index (χ1n) is 2.83. The Labute approximate surface area is 94.5 Å². The number of unbranched alkanes of at least 4 members (excludes halogenated alkanes) is 1. The van der Waals surface area contributed by atoms with Gasteiger partial charge in [0.15, 0.2) is 0 Å². The van der Waals surface area contributed by atoms with Crippen LogP contribution in [-0.2, 0) is 12.6 Å². The molecule has 54 valence electrons. The van der Waals surface area contributed by atoms with Crippen molar-refractivity contribution in [2.45, 2.75) is 12.8 Å². The van der Waals surface area contributed by atoms with E-state index in [4.69, 9.17) is 5.11 Å². The predicted molar refractivity (Wildman–Crippen MR) is 44.3 cm³/mol. The van der Waals surface area contributed by atoms with Crippen LogP contribution in [0.25, 0.3) is 0 Å². The SMILES string of the molecule is OCCCCNC(=S)[S-].[Na+]. The summed E-state index contributed by atoms with van der Waals surface area (Å²) in [5.74, 6) is 0. The monoisotopic (exact) mass is 187 g/mol. The molecule has 0 rings (SSSR count). The summed E-state index contributed by atoms with van der Waals surface area (Å²) in [6.45, 7) is 1.02. The van der Waals surface area contributed by atoms with Gasteiger partial charge in [0.1, 0.15) is 0 Å². The first kappa shape index (κ1) is 13.6. The Morgan fingerprint density at radius 2 is 2.10 bits per heavy atom. The largest absolute Gasteiger partial charge is 1.00 e. The molecule has 10 heavy (non-hydrogen) atoms. The Kier molecular flexibility index (Phi) is 13.7. The zero-order valence-electron chi connectivity index (χ0n) is 6.09. The van der Waals surface area contributed by atoms with Gasteiger partial charge in [-0.15, -0.1) is 0 Å². The summed E-state index contributed by atoms with van der Waals surface area (Å²) in [6.07, 6.45) is 1.73. The smallest absolute Gasteiger partial charge is 0.412 e. The molecule has 0 saturated heterocycles. The molecule has 0 heterocycles. The fraction of sp³-hybridized carbons (Fsp3) is 0.800. The maximum Gasteiger partial charge on any atom is 1.00 e. The average Bonchev–Trinajstić information content (AvgIpc) is 1.80. The Hall–Kier alpha value is 1.07. The van der Waals surface area contributed by atoms with Crippen molar-refractivity contribution in [2.75, 3.05) is 13.2 Å². The van der Waals surface area contributed by atoms with Crippen LogP contribution >= 0.6 is 12.2 Å². The maximum atomic E-state index is 8.34. The third-order valence-corrected chi connectivity index (χ3v) is 1.14. The first-order valence-corrected chi connectivity index (χ1v) is 3.64. The second-order valence-electron chi connectivity index (χ2n) is 1.64. The molecule has 0 amide bonds. The summed E-state index contributed by atoms with van der Waals surface area (Å²) in [6, 6.07) is 0. The first-order chi connectivity index (χ1) is 4.27. The van der Waals surface area contributed by atoms with Crippen molar-refractivity contribution in [3.05, 3.63) is 0 Å². The van der Waals surface area contributed by atoms with E-state index in [1.165, 1.54) is 0 Å². The van der Waals surface area contributed by atoms with Gasteiger partial charge in [0.05, 0.1) is 0 Å². The summed E-state index contributed by atoms with van der Waals surface area (Å²) in [7, 11) is 0. The molecule has 0 atom stereocenters. The van der Waals surface area contributed by atoms with E-state index in [1.54, 1.807) is 0 Å². The van der Waals surface area contributed by atoms with Crippen molar-refractivity contribution >= 4 is 29.2 Å². The van der Waals surface area contributed by atoms with E-state index in [2.05, 4.69) is 30.2 Å². The van der Waals surface area contributed by atoms with Gasteiger partial charge < -0.3 is 35.3 Å². The molecule has 2 nitrogen and oxygen atoms in total. The Bertz CT molecular complexity index is 91.7. The average molecular weight is 187 g/mol. The minimum atomic E-state index is 0. The van der Waals surface area contributed by atoms with Crippen molar-refractivity contribution in [3.63, 3.8) is 0 Å². The molecule has 2 N–H and O–H groups in total. The van der Waals surface area contributed by atoms with Gasteiger partial charge >= 0.3 is 29.6 Å². The molecule has 0 saturated carbocycles. The van der Waals surface area contributed by atoms with Crippen molar-refractivity contribution in [1.82, 2.24) is 5.32 Å². The molecular formula is C5H10NNaOS2. The van der Waals surface area contributed by atoms with Gasteiger partial charge in [-0.3, -0.25) is 0 Å². The van der Waals surface area contributed by atoms with Gasteiger partial charge in [-0.2, -0.15) is 0 Å². The van der Waals surface area contributed by atoms with E-state index in [9.17, 15) is 0 Å². The minimum absolute atomic E-state index is 0. The fourth-order valence-corrected chi connectivity index (χ4v) is 0.631. The summed E-state index contributed by atoms with van der Waals surface area (Å²) >= 11 is 9.17. The van der Waals surface area contributed by atoms with Gasteiger partial charge in [-0.05, 0) is 12.8 Å². The second-order valence-corrected chi connectivity index (χ2v) is 2.72. The molecule has 0 radical (unpaired) electrons. The predicted octanol–water partition coefficient (Wildman–Crippen LogP) is -2.82. The Balaban J connectivity index is 0. The van der Waals surface area contributed by atoms with Crippen LogP contribution in [0.2, 0.25) is 0 Å². The molecule has 5 heteroatoms. The normalized spacial score (nSPS) is 8.10. The van der Waals surface area contributed by atoms with Crippen LogP contribution in [-0.4, -0.2) is 22.6 Å². The van der Waals surface area contributed by atoms with Crippen molar-refractivity contribution < 1.29 is 34.7 Å². The standard InChI is InChI=1S/C5H11NOS2.Na/c7-4-2-1-3-6-5(8)9;/h7H,1-4H2,(H2,6,8,9);/q;+1/p-1. The molecular weight excluding hydrogens is 177 g/mol. The minimum Gasteiger partial charge on any atom is -0.412 e. The van der Waals surface area contributed by atoms with Crippen molar-refractivity contribution in [2.24, 2.45) is 0 Å². The zero-order chi connectivity index (χ0) is 7.11. The van der Waals surface area contributed by atoms with E-state index in [0.717, 1.165) is 19.4 Å². The molecule has 0 aromatic heterocycles. The van der Waals surface area contributed by atoms with Crippen molar-refractivity contribution in [1.29, 1.82) is 0 Å². The van der Waals surface area contributed by atoms with Gasteiger partial charge in [0.25, 0.3) is 0 Å². The van der Waals surface area contributed by atoms with Crippen LogP contribution in [0, 0.1) is 0 Å². The quantitative estimate of drug-likeness (QED) is 0.215. The summed E-state index contributed by atoms with van der Waals surface area (Å²) in [5.41, 5.74) is 0. The topological polar surface area (TPSA) is 32.3 Å². The third kappa shape index (κ3) is 11.8. The number of aliphatic hydroxyl groups excluding tert-OH is 1. The Morgan fingerprint density at radius 1 is 1.50 bits per heavy atom. The number of hydrogen-bond acceptors (Lipinski definition) is 3. The fourth-order valence-electron chi connectivity index (χ4n) is 0.427. The van der Waals surface area contributed by atoms with E-state index in [0.29, 0.717) is 4.32 Å². The van der Waals surface area contributed by atoms with Gasteiger partial charge in [0, 0.05) is 13.2 Å². The molecule has 0 aliphatic carbocycles. The maximum absolute atomic E-state index is 8.34. The van der Waals surface area contributed by atoms with E-state index in [1.807, 2.05) is 0 Å². The number of hydrogen-bond donors (Lipinski definition) is 2. The number of aliphatic hydroxyl groups is 1. The molecule has 0 spiro atoms. The van der Waals surface area contributed by atoms with E-state index >= 15 is 0 Å².